The highest BCUT2D eigenvalue weighted by Crippen LogP contribution is 2.44. The third kappa shape index (κ3) is 5.91. The van der Waals surface area contributed by atoms with E-state index in [-0.39, 0.29) is 18.9 Å². The molecule has 0 unspecified atom stereocenters. The maximum absolute atomic E-state index is 13.2. The predicted molar refractivity (Wildman–Crippen MR) is 144 cm³/mol. The monoisotopic (exact) mass is 497 g/mol. The van der Waals surface area contributed by atoms with Crippen LogP contribution in [0.3, 0.4) is 0 Å². The molecule has 2 N–H and O–H groups in total. The molecule has 0 heterocycles. The van der Waals surface area contributed by atoms with Gasteiger partial charge in [0.05, 0.1) is 0 Å². The topological polar surface area (TPSA) is 84.5 Å². The Kier molecular flexibility index (Phi) is 7.77. The molecule has 3 aromatic rings. The van der Waals surface area contributed by atoms with E-state index in [4.69, 9.17) is 4.74 Å². The molecule has 1 aliphatic carbocycles. The van der Waals surface area contributed by atoms with Gasteiger partial charge in [-0.25, -0.2) is 4.79 Å². The number of carbonyl (C=O) groups is 2. The Morgan fingerprint density at radius 2 is 1.46 bits per heavy atom. The van der Waals surface area contributed by atoms with Crippen molar-refractivity contribution >= 4 is 18.3 Å². The summed E-state index contributed by atoms with van der Waals surface area (Å²) in [4.78, 5) is 37.8. The molecule has 0 saturated heterocycles. The molecule has 0 fully saturated rings. The number of hydrogen-bond acceptors (Lipinski definition) is 4. The van der Waals surface area contributed by atoms with E-state index < -0.39 is 29.5 Å². The Hall–Kier alpha value is -3.93. The van der Waals surface area contributed by atoms with Crippen LogP contribution in [0.2, 0.25) is 0 Å². The predicted octanol–water partition coefficient (Wildman–Crippen LogP) is 5.09. The fourth-order valence-electron chi connectivity index (χ4n) is 4.72. The van der Waals surface area contributed by atoms with Gasteiger partial charge in [-0.3, -0.25) is 9.59 Å². The minimum atomic E-state index is -0.921. The third-order valence-electron chi connectivity index (χ3n) is 6.91. The second-order valence-electron chi connectivity index (χ2n) is 10.6. The molecular formula is C31H33N2O4. The van der Waals surface area contributed by atoms with Gasteiger partial charge in [0.15, 0.2) is 0 Å². The van der Waals surface area contributed by atoms with Gasteiger partial charge in [0.25, 0.3) is 0 Å². The Morgan fingerprint density at radius 3 is 2.03 bits per heavy atom. The van der Waals surface area contributed by atoms with Gasteiger partial charge in [-0.2, -0.15) is 0 Å². The van der Waals surface area contributed by atoms with Crippen LogP contribution >= 0.6 is 0 Å². The van der Waals surface area contributed by atoms with Crippen molar-refractivity contribution in [3.8, 4) is 11.1 Å². The van der Waals surface area contributed by atoms with E-state index in [9.17, 15) is 14.4 Å². The van der Waals surface area contributed by atoms with Gasteiger partial charge in [0, 0.05) is 12.3 Å². The Labute approximate surface area is 218 Å². The second kappa shape index (κ2) is 11.0. The number of ether oxygens (including phenoxy) is 1. The summed E-state index contributed by atoms with van der Waals surface area (Å²) in [5, 5.41) is 5.48. The molecule has 37 heavy (non-hydrogen) atoms. The second-order valence-corrected chi connectivity index (χ2v) is 10.6. The highest BCUT2D eigenvalue weighted by atomic mass is 16.5. The van der Waals surface area contributed by atoms with Gasteiger partial charge in [-0.15, -0.1) is 0 Å². The van der Waals surface area contributed by atoms with E-state index >= 15 is 0 Å². The van der Waals surface area contributed by atoms with Crippen molar-refractivity contribution in [2.45, 2.75) is 52.1 Å². The highest BCUT2D eigenvalue weighted by molar-refractivity contribution is 5.88. The molecule has 1 aliphatic rings. The highest BCUT2D eigenvalue weighted by Gasteiger charge is 2.32. The summed E-state index contributed by atoms with van der Waals surface area (Å²) in [6, 6.07) is 22.2. The van der Waals surface area contributed by atoms with Crippen molar-refractivity contribution in [1.82, 2.24) is 10.6 Å². The summed E-state index contributed by atoms with van der Waals surface area (Å²) in [5.41, 5.74) is 5.91. The Balaban J connectivity index is 1.49. The molecule has 0 saturated carbocycles. The number of rotatable bonds is 8. The fraction of sp³-hybridized carbons (Fsp3) is 0.323. The number of carbonyl (C=O) groups excluding carboxylic acids is 3. The lowest BCUT2D eigenvalue weighted by Crippen LogP contribution is -2.54. The summed E-state index contributed by atoms with van der Waals surface area (Å²) >= 11 is 0. The van der Waals surface area contributed by atoms with Crippen molar-refractivity contribution in [3.05, 3.63) is 95.1 Å². The zero-order chi connectivity index (χ0) is 26.6. The molecular weight excluding hydrogens is 464 g/mol. The minimum Gasteiger partial charge on any atom is -0.449 e. The zero-order valence-corrected chi connectivity index (χ0v) is 21.7. The lowest BCUT2D eigenvalue weighted by atomic mass is 9.87. The van der Waals surface area contributed by atoms with Crippen molar-refractivity contribution < 1.29 is 19.1 Å². The van der Waals surface area contributed by atoms with E-state index in [0.717, 1.165) is 33.4 Å². The maximum Gasteiger partial charge on any atom is 0.407 e. The molecule has 0 spiro atoms. The third-order valence-corrected chi connectivity index (χ3v) is 6.91. The van der Waals surface area contributed by atoms with E-state index in [2.05, 4.69) is 34.9 Å². The molecule has 3 aromatic carbocycles. The van der Waals surface area contributed by atoms with Crippen molar-refractivity contribution in [2.24, 2.45) is 5.41 Å². The summed E-state index contributed by atoms with van der Waals surface area (Å²) in [5.74, 6) is -0.545. The van der Waals surface area contributed by atoms with Crippen LogP contribution in [0.15, 0.2) is 72.8 Å². The normalized spacial score (nSPS) is 14.2. The number of hydrogen-bond donors (Lipinski definition) is 2. The standard InChI is InChI=1S/C31H33N2O4/c1-20-11-5-6-12-21(20)17-27(29(35)33-28(18-34)31(2,3)4)32-30(36)37-19-26-24-15-9-7-13-22(24)23-14-8-10-16-25(23)26/h5-16,26-28H,17,19H2,1-4H3,(H,32,36)(H,33,35)/t27-,28+/m0/s1. The summed E-state index contributed by atoms with van der Waals surface area (Å²) in [6.07, 6.45) is 1.49. The van der Waals surface area contributed by atoms with Crippen molar-refractivity contribution in [2.75, 3.05) is 6.61 Å². The number of fused-ring (bicyclic) bond motifs is 3. The van der Waals surface area contributed by atoms with Crippen LogP contribution in [0.4, 0.5) is 4.79 Å². The lowest BCUT2D eigenvalue weighted by Gasteiger charge is -2.28. The summed E-state index contributed by atoms with van der Waals surface area (Å²) in [6.45, 7) is 7.63. The molecule has 6 heteroatoms. The lowest BCUT2D eigenvalue weighted by molar-refractivity contribution is -0.124. The number of amides is 2. The zero-order valence-electron chi connectivity index (χ0n) is 21.7. The Bertz CT molecular complexity index is 1250. The molecule has 0 bridgehead atoms. The summed E-state index contributed by atoms with van der Waals surface area (Å²) in [7, 11) is 0. The first kappa shape index (κ1) is 26.1. The van der Waals surface area contributed by atoms with Gasteiger partial charge in [0.1, 0.15) is 18.7 Å². The van der Waals surface area contributed by atoms with Gasteiger partial charge in [0.2, 0.25) is 12.2 Å². The van der Waals surface area contributed by atoms with E-state index in [0.29, 0.717) is 0 Å². The largest absolute Gasteiger partial charge is 0.449 e. The van der Waals surface area contributed by atoms with Crippen LogP contribution < -0.4 is 10.6 Å². The molecule has 0 aliphatic heterocycles. The van der Waals surface area contributed by atoms with E-state index in [1.54, 1.807) is 0 Å². The first-order chi connectivity index (χ1) is 17.7. The van der Waals surface area contributed by atoms with Crippen LogP contribution in [0.5, 0.6) is 0 Å². The quantitative estimate of drug-likeness (QED) is 0.454. The molecule has 6 nitrogen and oxygen atoms in total. The molecule has 4 rings (SSSR count). The molecule has 2 atom stereocenters. The average Bonchev–Trinajstić information content (AvgIpc) is 3.19. The van der Waals surface area contributed by atoms with Crippen LogP contribution in [-0.4, -0.2) is 37.0 Å². The minimum absolute atomic E-state index is 0.0864. The smallest absolute Gasteiger partial charge is 0.407 e. The van der Waals surface area contributed by atoms with Gasteiger partial charge < -0.3 is 15.4 Å². The first-order valence-corrected chi connectivity index (χ1v) is 12.5. The number of aryl methyl sites for hydroxylation is 1. The molecule has 1 radical (unpaired) electrons. The van der Waals surface area contributed by atoms with E-state index in [1.807, 2.05) is 82.5 Å². The van der Waals surface area contributed by atoms with Crippen LogP contribution in [-0.2, 0) is 20.7 Å². The SMILES string of the molecule is Cc1ccccc1C[C@H](NC(=O)OCC1c2ccccc2-c2ccccc21)C(=O)N[C@H]([C]=O)C(C)(C)C. The average molecular weight is 498 g/mol. The Morgan fingerprint density at radius 1 is 0.892 bits per heavy atom. The maximum atomic E-state index is 13.2. The van der Waals surface area contributed by atoms with Gasteiger partial charge in [-0.1, -0.05) is 93.6 Å². The van der Waals surface area contributed by atoms with Crippen molar-refractivity contribution in [3.63, 3.8) is 0 Å². The molecule has 2 amide bonds. The van der Waals surface area contributed by atoms with Crippen LogP contribution in [0.25, 0.3) is 11.1 Å². The van der Waals surface area contributed by atoms with Crippen LogP contribution in [0.1, 0.15) is 48.9 Å². The number of benzene rings is 3. The van der Waals surface area contributed by atoms with Crippen LogP contribution in [0, 0.1) is 12.3 Å². The first-order valence-electron chi connectivity index (χ1n) is 12.5. The number of alkyl carbamates (subject to hydrolysis) is 1. The molecule has 0 aromatic heterocycles. The fourth-order valence-corrected chi connectivity index (χ4v) is 4.72. The number of nitrogens with one attached hydrogen (secondary N) is 2. The van der Waals surface area contributed by atoms with Gasteiger partial charge in [-0.05, 0) is 45.7 Å². The summed E-state index contributed by atoms with van der Waals surface area (Å²) < 4.78 is 5.68. The van der Waals surface area contributed by atoms with E-state index in [1.165, 1.54) is 0 Å². The van der Waals surface area contributed by atoms with Crippen molar-refractivity contribution in [1.29, 1.82) is 0 Å². The molecule has 191 valence electrons. The van der Waals surface area contributed by atoms with Gasteiger partial charge >= 0.3 is 6.09 Å².